The number of piperidine rings is 1. The van der Waals surface area contributed by atoms with E-state index in [4.69, 9.17) is 14.3 Å². The van der Waals surface area contributed by atoms with Gasteiger partial charge in [0.15, 0.2) is 5.89 Å². The van der Waals surface area contributed by atoms with Gasteiger partial charge in [0, 0.05) is 38.3 Å². The molecule has 1 aliphatic rings. The van der Waals surface area contributed by atoms with Gasteiger partial charge in [-0.05, 0) is 45.7 Å². The minimum atomic E-state index is -0.361. The molecule has 1 aliphatic heterocycles. The van der Waals surface area contributed by atoms with Crippen LogP contribution in [0.4, 0.5) is 0 Å². The normalized spacial score (nSPS) is 14.5. The third kappa shape index (κ3) is 6.92. The number of carbonyl (C=O) groups is 2. The monoisotopic (exact) mass is 435 g/mol. The number of H-pyrrole nitrogens is 1. The van der Waals surface area contributed by atoms with E-state index in [0.717, 1.165) is 25.9 Å². The van der Waals surface area contributed by atoms with E-state index < -0.39 is 0 Å². The largest absolute Gasteiger partial charge is 0.483 e. The molecule has 3 heterocycles. The highest BCUT2D eigenvalue weighted by Gasteiger charge is 2.22. The Morgan fingerprint density at radius 2 is 1.94 bits per heavy atom. The summed E-state index contributed by atoms with van der Waals surface area (Å²) in [6, 6.07) is 1.44. The van der Waals surface area contributed by atoms with Crippen molar-refractivity contribution in [1.82, 2.24) is 24.8 Å². The number of nitrogens with one attached hydrogen (secondary N) is 2. The number of aromatic amines is 1. The van der Waals surface area contributed by atoms with Crippen LogP contribution in [0.25, 0.3) is 0 Å². The van der Waals surface area contributed by atoms with E-state index >= 15 is 0 Å². The van der Waals surface area contributed by atoms with E-state index in [1.54, 1.807) is 20.8 Å². The van der Waals surface area contributed by atoms with E-state index in [1.807, 2.05) is 0 Å². The summed E-state index contributed by atoms with van der Waals surface area (Å²) < 4.78 is 6.58. The predicted molar refractivity (Wildman–Crippen MR) is 112 cm³/mol. The number of amides is 1. The number of hydrogen-bond acceptors (Lipinski definition) is 7. The number of aryl methyl sites for hydroxylation is 3. The predicted octanol–water partition coefficient (Wildman–Crippen LogP) is 0.293. The molecule has 2 aromatic rings. The highest BCUT2D eigenvalue weighted by molar-refractivity contribution is 5.92. The number of carbonyl (C=O) groups excluding carboxylic acids is 1. The summed E-state index contributed by atoms with van der Waals surface area (Å²) in [7, 11) is 0. The van der Waals surface area contributed by atoms with Crippen molar-refractivity contribution in [3.63, 3.8) is 0 Å². The molecule has 2 aromatic heterocycles. The van der Waals surface area contributed by atoms with Crippen molar-refractivity contribution < 1.29 is 19.1 Å². The number of oxazole rings is 1. The maximum Gasteiger partial charge on any atom is 0.328 e. The second kappa shape index (κ2) is 11.3. The molecule has 11 nitrogen and oxygen atoms in total. The van der Waals surface area contributed by atoms with Crippen molar-refractivity contribution in [2.75, 3.05) is 26.2 Å². The van der Waals surface area contributed by atoms with Crippen LogP contribution in [0.5, 0.6) is 0 Å². The molecule has 170 valence electrons. The van der Waals surface area contributed by atoms with Crippen molar-refractivity contribution >= 4 is 12.4 Å². The van der Waals surface area contributed by atoms with Gasteiger partial charge in [0.05, 0.1) is 5.69 Å². The molecule has 1 amide bonds. The van der Waals surface area contributed by atoms with Crippen LogP contribution in [0.2, 0.25) is 0 Å². The van der Waals surface area contributed by atoms with Crippen LogP contribution in [-0.2, 0) is 11.3 Å². The van der Waals surface area contributed by atoms with Crippen LogP contribution < -0.4 is 16.6 Å². The summed E-state index contributed by atoms with van der Waals surface area (Å²) in [6.07, 6.45) is 1.90. The van der Waals surface area contributed by atoms with E-state index in [9.17, 15) is 14.4 Å². The summed E-state index contributed by atoms with van der Waals surface area (Å²) in [4.78, 5) is 53.5. The van der Waals surface area contributed by atoms with Gasteiger partial charge in [-0.2, -0.15) is 0 Å². The Labute approximate surface area is 179 Å². The molecule has 0 aromatic carbocycles. The molecule has 11 heteroatoms. The van der Waals surface area contributed by atoms with Crippen molar-refractivity contribution in [3.8, 4) is 0 Å². The van der Waals surface area contributed by atoms with Crippen LogP contribution in [0.15, 0.2) is 20.1 Å². The summed E-state index contributed by atoms with van der Waals surface area (Å²) in [5.41, 5.74) is 0.549. The van der Waals surface area contributed by atoms with Gasteiger partial charge >= 0.3 is 5.69 Å². The fourth-order valence-corrected chi connectivity index (χ4v) is 3.56. The average Bonchev–Trinajstić information content (AvgIpc) is 3.05. The minimum Gasteiger partial charge on any atom is -0.483 e. The molecule has 0 atom stereocenters. The second-order valence-electron chi connectivity index (χ2n) is 7.50. The lowest BCUT2D eigenvalue weighted by atomic mass is 9.97. The first kappa shape index (κ1) is 24.1. The van der Waals surface area contributed by atoms with Gasteiger partial charge in [-0.15, -0.1) is 0 Å². The Morgan fingerprint density at radius 3 is 2.48 bits per heavy atom. The first-order valence-electron chi connectivity index (χ1n) is 10.1. The van der Waals surface area contributed by atoms with Gasteiger partial charge in [-0.3, -0.25) is 19.0 Å². The van der Waals surface area contributed by atoms with Gasteiger partial charge in [0.2, 0.25) is 5.76 Å². The van der Waals surface area contributed by atoms with Crippen molar-refractivity contribution in [3.05, 3.63) is 49.9 Å². The van der Waals surface area contributed by atoms with Crippen LogP contribution in [-0.4, -0.2) is 63.1 Å². The molecule has 1 saturated heterocycles. The maximum absolute atomic E-state index is 12.2. The Kier molecular flexibility index (Phi) is 8.74. The van der Waals surface area contributed by atoms with Crippen molar-refractivity contribution in [2.24, 2.45) is 5.92 Å². The number of likely N-dealkylation sites (tertiary alicyclic amines) is 1. The molecule has 0 unspecified atom stereocenters. The van der Waals surface area contributed by atoms with Gasteiger partial charge < -0.3 is 24.7 Å². The van der Waals surface area contributed by atoms with E-state index in [0.29, 0.717) is 42.8 Å². The summed E-state index contributed by atoms with van der Waals surface area (Å²) >= 11 is 0. The molecule has 0 bridgehead atoms. The maximum atomic E-state index is 12.2. The molecule has 3 N–H and O–H groups in total. The first-order chi connectivity index (χ1) is 14.7. The number of hydrogen-bond donors (Lipinski definition) is 3. The molecule has 1 fully saturated rings. The number of aromatic nitrogens is 3. The first-order valence-corrected chi connectivity index (χ1v) is 10.1. The Hall–Kier alpha value is -3.21. The molecule has 3 rings (SSSR count). The smallest absolute Gasteiger partial charge is 0.328 e. The Morgan fingerprint density at radius 1 is 1.29 bits per heavy atom. The molecule has 0 aliphatic carbocycles. The topological polar surface area (TPSA) is 151 Å². The third-order valence-electron chi connectivity index (χ3n) is 5.16. The number of rotatable bonds is 6. The van der Waals surface area contributed by atoms with Crippen LogP contribution in [0.3, 0.4) is 0 Å². The fourth-order valence-electron chi connectivity index (χ4n) is 3.56. The molecular weight excluding hydrogens is 406 g/mol. The zero-order valence-electron chi connectivity index (χ0n) is 18.0. The second-order valence-corrected chi connectivity index (χ2v) is 7.50. The van der Waals surface area contributed by atoms with Crippen molar-refractivity contribution in [2.45, 2.75) is 40.2 Å². The lowest BCUT2D eigenvalue weighted by Crippen LogP contribution is -2.42. The number of carboxylic acid groups (broad SMARTS) is 1. The molecular formula is C20H29N5O6. The standard InChI is InChI=1S/C19H27N5O4.CH2O2/c1-12-10-16(25)24(19(27)21-12)9-8-23-6-4-15(5-7-23)11-20-18(26)17-13(2)22-14(3)28-17;2-1-3/h10,15H,4-9,11H2,1-3H3,(H,20,26)(H,21,27);1H,(H,2,3). The average molecular weight is 435 g/mol. The quantitative estimate of drug-likeness (QED) is 0.548. The van der Waals surface area contributed by atoms with E-state index in [1.165, 1.54) is 10.6 Å². The van der Waals surface area contributed by atoms with Crippen LogP contribution in [0.1, 0.15) is 40.7 Å². The zero-order valence-corrected chi connectivity index (χ0v) is 18.0. The SMILES string of the molecule is Cc1cc(=O)n(CCN2CCC(CNC(=O)c3oc(C)nc3C)CC2)c(=O)[nH]1.O=CO. The number of nitrogens with zero attached hydrogens (tertiary/aromatic N) is 3. The van der Waals surface area contributed by atoms with Gasteiger partial charge in [-0.1, -0.05) is 0 Å². The third-order valence-corrected chi connectivity index (χ3v) is 5.16. The molecule has 0 radical (unpaired) electrons. The van der Waals surface area contributed by atoms with E-state index in [-0.39, 0.29) is 29.4 Å². The highest BCUT2D eigenvalue weighted by atomic mass is 16.4. The summed E-state index contributed by atoms with van der Waals surface area (Å²) in [5.74, 6) is 0.944. The summed E-state index contributed by atoms with van der Waals surface area (Å²) in [6.45, 7) is 8.30. The van der Waals surface area contributed by atoms with Gasteiger partial charge in [0.1, 0.15) is 0 Å². The fraction of sp³-hybridized carbons (Fsp3) is 0.550. The lowest BCUT2D eigenvalue weighted by molar-refractivity contribution is -0.122. The highest BCUT2D eigenvalue weighted by Crippen LogP contribution is 2.17. The van der Waals surface area contributed by atoms with Crippen LogP contribution in [0, 0.1) is 26.7 Å². The minimum absolute atomic E-state index is 0.224. The Balaban J connectivity index is 0.00000107. The van der Waals surface area contributed by atoms with Crippen LogP contribution >= 0.6 is 0 Å². The van der Waals surface area contributed by atoms with Gasteiger partial charge in [0.25, 0.3) is 17.9 Å². The molecule has 0 saturated carbocycles. The molecule has 0 spiro atoms. The van der Waals surface area contributed by atoms with Crippen molar-refractivity contribution in [1.29, 1.82) is 0 Å². The lowest BCUT2D eigenvalue weighted by Gasteiger charge is -2.31. The summed E-state index contributed by atoms with van der Waals surface area (Å²) in [5, 5.41) is 9.82. The Bertz CT molecular complexity index is 969. The zero-order chi connectivity index (χ0) is 23.0. The molecule has 31 heavy (non-hydrogen) atoms. The van der Waals surface area contributed by atoms with Gasteiger partial charge in [-0.25, -0.2) is 9.78 Å². The van der Waals surface area contributed by atoms with E-state index in [2.05, 4.69) is 20.2 Å².